The lowest BCUT2D eigenvalue weighted by molar-refractivity contribution is -0.384. The fourth-order valence-corrected chi connectivity index (χ4v) is 1.50. The summed E-state index contributed by atoms with van der Waals surface area (Å²) in [6, 6.07) is 6.18. The molecule has 1 heterocycles. The van der Waals surface area contributed by atoms with E-state index >= 15 is 0 Å². The lowest BCUT2D eigenvalue weighted by Crippen LogP contribution is -1.92. The zero-order chi connectivity index (χ0) is 12.1. The second kappa shape index (κ2) is 5.12. The normalized spacial score (nSPS) is 10.6. The standard InChI is InChI=1S/C9H7N5O2S/c15-14(16)8-3-1-2-7(4-8)5-10-12-9-13-11-6-17-9/h1-6H,(H,12,13)/b10-5-. The Kier molecular flexibility index (Phi) is 3.36. The molecule has 0 atom stereocenters. The summed E-state index contributed by atoms with van der Waals surface area (Å²) in [7, 11) is 0. The average molecular weight is 249 g/mol. The van der Waals surface area contributed by atoms with Gasteiger partial charge >= 0.3 is 0 Å². The molecule has 2 aromatic rings. The highest BCUT2D eigenvalue weighted by Crippen LogP contribution is 2.12. The van der Waals surface area contributed by atoms with Gasteiger partial charge in [-0.15, -0.1) is 10.2 Å². The molecule has 0 aliphatic rings. The zero-order valence-corrected chi connectivity index (χ0v) is 9.29. The Morgan fingerprint density at radius 3 is 3.12 bits per heavy atom. The summed E-state index contributed by atoms with van der Waals surface area (Å²) in [5.74, 6) is 0. The molecule has 0 amide bonds. The molecule has 0 radical (unpaired) electrons. The van der Waals surface area contributed by atoms with E-state index in [9.17, 15) is 10.1 Å². The number of benzene rings is 1. The van der Waals surface area contributed by atoms with E-state index in [1.165, 1.54) is 29.7 Å². The second-order valence-electron chi connectivity index (χ2n) is 2.97. The first-order valence-electron chi connectivity index (χ1n) is 4.55. The third-order valence-electron chi connectivity index (χ3n) is 1.81. The van der Waals surface area contributed by atoms with Crippen molar-refractivity contribution in [2.24, 2.45) is 5.10 Å². The lowest BCUT2D eigenvalue weighted by Gasteiger charge is -1.94. The van der Waals surface area contributed by atoms with Gasteiger partial charge in [0.05, 0.1) is 11.1 Å². The number of nitro groups is 1. The molecule has 0 bridgehead atoms. The van der Waals surface area contributed by atoms with Crippen molar-refractivity contribution in [2.45, 2.75) is 0 Å². The molecule has 2 rings (SSSR count). The van der Waals surface area contributed by atoms with Gasteiger partial charge in [-0.3, -0.25) is 15.5 Å². The van der Waals surface area contributed by atoms with Crippen LogP contribution in [0.1, 0.15) is 5.56 Å². The van der Waals surface area contributed by atoms with Crippen LogP contribution in [0, 0.1) is 10.1 Å². The van der Waals surface area contributed by atoms with Crippen molar-refractivity contribution in [1.29, 1.82) is 0 Å². The van der Waals surface area contributed by atoms with Crippen LogP contribution >= 0.6 is 11.3 Å². The summed E-state index contributed by atoms with van der Waals surface area (Å²) in [6.07, 6.45) is 1.48. The van der Waals surface area contributed by atoms with E-state index in [1.54, 1.807) is 17.6 Å². The van der Waals surface area contributed by atoms with Crippen LogP contribution in [0.5, 0.6) is 0 Å². The Morgan fingerprint density at radius 2 is 2.41 bits per heavy atom. The van der Waals surface area contributed by atoms with Gasteiger partial charge in [-0.05, 0) is 0 Å². The largest absolute Gasteiger partial charge is 0.270 e. The summed E-state index contributed by atoms with van der Waals surface area (Å²) in [5.41, 5.74) is 4.91. The monoisotopic (exact) mass is 249 g/mol. The smallest absolute Gasteiger partial charge is 0.258 e. The van der Waals surface area contributed by atoms with Crippen molar-refractivity contribution in [3.63, 3.8) is 0 Å². The van der Waals surface area contributed by atoms with Crippen LogP contribution in [0.4, 0.5) is 10.8 Å². The minimum Gasteiger partial charge on any atom is -0.258 e. The number of hydrazone groups is 1. The number of non-ortho nitro benzene ring substituents is 1. The molecule has 7 nitrogen and oxygen atoms in total. The SMILES string of the molecule is O=[N+]([O-])c1cccc(/C=N\Nc2nncs2)c1. The predicted molar refractivity (Wildman–Crippen MR) is 64.2 cm³/mol. The van der Waals surface area contributed by atoms with Gasteiger partial charge in [0.25, 0.3) is 5.69 Å². The highest BCUT2D eigenvalue weighted by molar-refractivity contribution is 7.13. The van der Waals surface area contributed by atoms with E-state index in [1.807, 2.05) is 0 Å². The zero-order valence-electron chi connectivity index (χ0n) is 8.48. The van der Waals surface area contributed by atoms with Crippen molar-refractivity contribution in [2.75, 3.05) is 5.43 Å². The highest BCUT2D eigenvalue weighted by atomic mass is 32.1. The summed E-state index contributed by atoms with van der Waals surface area (Å²) < 4.78 is 0. The lowest BCUT2D eigenvalue weighted by atomic mass is 10.2. The van der Waals surface area contributed by atoms with Crippen LogP contribution in [-0.4, -0.2) is 21.3 Å². The molecule has 0 saturated heterocycles. The number of hydrogen-bond donors (Lipinski definition) is 1. The predicted octanol–water partition coefficient (Wildman–Crippen LogP) is 1.89. The molecule has 1 aromatic heterocycles. The molecule has 1 aromatic carbocycles. The molecule has 0 aliphatic carbocycles. The van der Waals surface area contributed by atoms with Gasteiger partial charge < -0.3 is 0 Å². The summed E-state index contributed by atoms with van der Waals surface area (Å²) in [6.45, 7) is 0. The van der Waals surface area contributed by atoms with Crippen molar-refractivity contribution >= 4 is 28.4 Å². The fraction of sp³-hybridized carbons (Fsp3) is 0. The van der Waals surface area contributed by atoms with E-state index in [4.69, 9.17) is 0 Å². The van der Waals surface area contributed by atoms with Gasteiger partial charge in [0.1, 0.15) is 5.51 Å². The number of hydrogen-bond acceptors (Lipinski definition) is 7. The third kappa shape index (κ3) is 3.05. The van der Waals surface area contributed by atoms with Gasteiger partial charge in [-0.25, -0.2) is 0 Å². The van der Waals surface area contributed by atoms with Gasteiger partial charge in [0.2, 0.25) is 5.13 Å². The molecular weight excluding hydrogens is 242 g/mol. The average Bonchev–Trinajstić information content (AvgIpc) is 2.82. The Labute approximate surface area is 100.0 Å². The molecule has 0 aliphatic heterocycles. The van der Waals surface area contributed by atoms with Crippen LogP contribution in [0.25, 0.3) is 0 Å². The van der Waals surface area contributed by atoms with Gasteiger partial charge in [-0.2, -0.15) is 5.10 Å². The summed E-state index contributed by atoms with van der Waals surface area (Å²) >= 11 is 1.31. The van der Waals surface area contributed by atoms with Crippen LogP contribution in [0.2, 0.25) is 0 Å². The van der Waals surface area contributed by atoms with E-state index in [0.717, 1.165) is 0 Å². The maximum Gasteiger partial charge on any atom is 0.270 e. The Balaban J connectivity index is 2.05. The quantitative estimate of drug-likeness (QED) is 0.507. The van der Waals surface area contributed by atoms with Crippen LogP contribution in [0.15, 0.2) is 34.9 Å². The maximum atomic E-state index is 10.5. The minimum absolute atomic E-state index is 0.0323. The molecule has 0 unspecified atom stereocenters. The molecule has 0 fully saturated rings. The number of aromatic nitrogens is 2. The summed E-state index contributed by atoms with van der Waals surface area (Å²) in [5, 5.41) is 22.4. The van der Waals surface area contributed by atoms with Crippen LogP contribution in [-0.2, 0) is 0 Å². The van der Waals surface area contributed by atoms with Crippen LogP contribution < -0.4 is 5.43 Å². The first kappa shape index (κ1) is 11.1. The van der Waals surface area contributed by atoms with E-state index < -0.39 is 4.92 Å². The van der Waals surface area contributed by atoms with Crippen molar-refractivity contribution < 1.29 is 4.92 Å². The molecular formula is C9H7N5O2S. The number of nitro benzene ring substituents is 1. The molecule has 0 saturated carbocycles. The third-order valence-corrected chi connectivity index (χ3v) is 2.41. The number of nitrogens with one attached hydrogen (secondary N) is 1. The fourth-order valence-electron chi connectivity index (χ4n) is 1.10. The molecule has 17 heavy (non-hydrogen) atoms. The molecule has 8 heteroatoms. The minimum atomic E-state index is -0.449. The van der Waals surface area contributed by atoms with Gasteiger partial charge in [0.15, 0.2) is 0 Å². The Morgan fingerprint density at radius 1 is 1.53 bits per heavy atom. The van der Waals surface area contributed by atoms with E-state index in [-0.39, 0.29) is 5.69 Å². The summed E-state index contributed by atoms with van der Waals surface area (Å²) in [4.78, 5) is 10.1. The Hall–Kier alpha value is -2.35. The highest BCUT2D eigenvalue weighted by Gasteiger charge is 2.03. The molecule has 1 N–H and O–H groups in total. The number of nitrogens with zero attached hydrogens (tertiary/aromatic N) is 4. The maximum absolute atomic E-state index is 10.5. The Bertz CT molecular complexity index is 540. The van der Waals surface area contributed by atoms with E-state index in [0.29, 0.717) is 10.7 Å². The van der Waals surface area contributed by atoms with E-state index in [2.05, 4.69) is 20.7 Å². The number of anilines is 1. The number of rotatable bonds is 4. The first-order chi connectivity index (χ1) is 8.25. The van der Waals surface area contributed by atoms with Crippen LogP contribution in [0.3, 0.4) is 0 Å². The van der Waals surface area contributed by atoms with Crippen molar-refractivity contribution in [3.05, 3.63) is 45.5 Å². The molecule has 0 spiro atoms. The first-order valence-corrected chi connectivity index (χ1v) is 5.43. The van der Waals surface area contributed by atoms with Crippen molar-refractivity contribution in [1.82, 2.24) is 10.2 Å². The second-order valence-corrected chi connectivity index (χ2v) is 3.80. The molecule has 86 valence electrons. The topological polar surface area (TPSA) is 93.3 Å². The van der Waals surface area contributed by atoms with Gasteiger partial charge in [0, 0.05) is 17.7 Å². The van der Waals surface area contributed by atoms with Gasteiger partial charge in [-0.1, -0.05) is 23.5 Å². The van der Waals surface area contributed by atoms with Crippen molar-refractivity contribution in [3.8, 4) is 0 Å².